The summed E-state index contributed by atoms with van der Waals surface area (Å²) in [4.78, 5) is 5.29. The van der Waals surface area contributed by atoms with Crippen LogP contribution in [0.4, 0.5) is 0 Å². The largest absolute Gasteiger partial charge is 0.356 e. The monoisotopic (exact) mass is 434 g/mol. The van der Waals surface area contributed by atoms with Crippen LogP contribution in [0.3, 0.4) is 0 Å². The lowest BCUT2D eigenvalue weighted by molar-refractivity contribution is 0.136. The first-order chi connectivity index (χ1) is 15.3. The van der Waals surface area contributed by atoms with Crippen molar-refractivity contribution >= 4 is 0 Å². The zero-order valence-electron chi connectivity index (χ0n) is 21.9. The maximum atomic E-state index is 2.64. The molecule has 1 heterocycles. The van der Waals surface area contributed by atoms with Gasteiger partial charge in [0.05, 0.1) is 0 Å². The second-order valence-electron chi connectivity index (χ2n) is 10.1. The van der Waals surface area contributed by atoms with Crippen LogP contribution in [0.2, 0.25) is 0 Å². The maximum Gasteiger partial charge on any atom is 0.101 e. The van der Waals surface area contributed by atoms with E-state index in [2.05, 4.69) is 43.0 Å². The minimum Gasteiger partial charge on any atom is -0.356 e. The summed E-state index contributed by atoms with van der Waals surface area (Å²) in [7, 11) is 0. The SMILES string of the molecule is CCCCCCCCCCCCCCCCC1N(CCCCC)C=CN1CCCCC. The van der Waals surface area contributed by atoms with Crippen LogP contribution in [0, 0.1) is 0 Å². The standard InChI is InChI=1S/C29H58N2/c1-4-7-10-11-12-13-14-15-16-17-18-19-20-21-24-29-30(25-22-8-5-2)27-28-31(29)26-23-9-6-3/h27-29H,4-26H2,1-3H3. The molecule has 1 aliphatic heterocycles. The van der Waals surface area contributed by atoms with Crippen molar-refractivity contribution in [3.63, 3.8) is 0 Å². The van der Waals surface area contributed by atoms with Gasteiger partial charge in [-0.2, -0.15) is 0 Å². The molecule has 1 aliphatic rings. The molecule has 0 amide bonds. The summed E-state index contributed by atoms with van der Waals surface area (Å²) in [6.07, 6.45) is 35.1. The molecular formula is C29H58N2. The zero-order valence-corrected chi connectivity index (χ0v) is 21.9. The van der Waals surface area contributed by atoms with Gasteiger partial charge in [0.15, 0.2) is 0 Å². The van der Waals surface area contributed by atoms with Gasteiger partial charge in [-0.25, -0.2) is 0 Å². The van der Waals surface area contributed by atoms with Gasteiger partial charge in [-0.15, -0.1) is 0 Å². The van der Waals surface area contributed by atoms with E-state index < -0.39 is 0 Å². The minimum atomic E-state index is 0.644. The fraction of sp³-hybridized carbons (Fsp3) is 0.931. The van der Waals surface area contributed by atoms with Crippen molar-refractivity contribution in [2.24, 2.45) is 0 Å². The van der Waals surface area contributed by atoms with Crippen LogP contribution in [0.5, 0.6) is 0 Å². The highest BCUT2D eigenvalue weighted by molar-refractivity contribution is 4.96. The van der Waals surface area contributed by atoms with E-state index in [1.807, 2.05) is 0 Å². The normalized spacial score (nSPS) is 14.3. The summed E-state index contributed by atoms with van der Waals surface area (Å²) >= 11 is 0. The van der Waals surface area contributed by atoms with Crippen LogP contribution < -0.4 is 0 Å². The van der Waals surface area contributed by atoms with Crippen molar-refractivity contribution in [3.05, 3.63) is 12.4 Å². The molecule has 0 fully saturated rings. The molecule has 0 spiro atoms. The second kappa shape index (κ2) is 21.2. The molecular weight excluding hydrogens is 376 g/mol. The van der Waals surface area contributed by atoms with Crippen molar-refractivity contribution in [2.75, 3.05) is 13.1 Å². The van der Waals surface area contributed by atoms with Gasteiger partial charge in [0.2, 0.25) is 0 Å². The molecule has 0 aromatic carbocycles. The molecule has 0 bridgehead atoms. The lowest BCUT2D eigenvalue weighted by Crippen LogP contribution is -2.39. The quantitative estimate of drug-likeness (QED) is 0.148. The van der Waals surface area contributed by atoms with Gasteiger partial charge >= 0.3 is 0 Å². The highest BCUT2D eigenvalue weighted by Crippen LogP contribution is 2.23. The Kier molecular flexibility index (Phi) is 19.4. The van der Waals surface area contributed by atoms with Crippen molar-refractivity contribution in [1.82, 2.24) is 9.80 Å². The molecule has 0 aromatic heterocycles. The highest BCUT2D eigenvalue weighted by Gasteiger charge is 2.24. The van der Waals surface area contributed by atoms with Gasteiger partial charge in [0.25, 0.3) is 0 Å². The fourth-order valence-electron chi connectivity index (χ4n) is 4.95. The van der Waals surface area contributed by atoms with Crippen molar-refractivity contribution in [2.45, 2.75) is 162 Å². The van der Waals surface area contributed by atoms with E-state index in [9.17, 15) is 0 Å². The summed E-state index contributed by atoms with van der Waals surface area (Å²) in [5.41, 5.74) is 0. The Labute approximate surface area is 197 Å². The van der Waals surface area contributed by atoms with Crippen molar-refractivity contribution in [3.8, 4) is 0 Å². The Morgan fingerprint density at radius 3 is 1.13 bits per heavy atom. The molecule has 0 radical (unpaired) electrons. The van der Waals surface area contributed by atoms with Crippen LogP contribution in [-0.2, 0) is 0 Å². The van der Waals surface area contributed by atoms with Crippen LogP contribution in [0.25, 0.3) is 0 Å². The van der Waals surface area contributed by atoms with Gasteiger partial charge in [0, 0.05) is 25.5 Å². The number of unbranched alkanes of at least 4 members (excludes halogenated alkanes) is 17. The lowest BCUT2D eigenvalue weighted by Gasteiger charge is -2.33. The third kappa shape index (κ3) is 14.9. The van der Waals surface area contributed by atoms with E-state index in [4.69, 9.17) is 0 Å². The van der Waals surface area contributed by atoms with Gasteiger partial charge in [-0.05, 0) is 25.7 Å². The van der Waals surface area contributed by atoms with E-state index >= 15 is 0 Å². The fourth-order valence-corrected chi connectivity index (χ4v) is 4.95. The van der Waals surface area contributed by atoms with Gasteiger partial charge in [0.1, 0.15) is 6.17 Å². The van der Waals surface area contributed by atoms with Gasteiger partial charge in [-0.3, -0.25) is 0 Å². The molecule has 2 nitrogen and oxygen atoms in total. The minimum absolute atomic E-state index is 0.644. The third-order valence-corrected chi connectivity index (χ3v) is 7.07. The van der Waals surface area contributed by atoms with Crippen molar-refractivity contribution < 1.29 is 0 Å². The maximum absolute atomic E-state index is 2.64. The van der Waals surface area contributed by atoms with Gasteiger partial charge < -0.3 is 9.80 Å². The van der Waals surface area contributed by atoms with Crippen LogP contribution >= 0.6 is 0 Å². The average Bonchev–Trinajstić information content (AvgIpc) is 3.16. The molecule has 0 N–H and O–H groups in total. The van der Waals surface area contributed by atoms with Crippen LogP contribution in [-0.4, -0.2) is 29.1 Å². The summed E-state index contributed by atoms with van der Waals surface area (Å²) in [5, 5.41) is 0. The average molecular weight is 435 g/mol. The predicted octanol–water partition coefficient (Wildman–Crippen LogP) is 9.65. The molecule has 184 valence electrons. The highest BCUT2D eigenvalue weighted by atomic mass is 15.4. The Balaban J connectivity index is 2.06. The first-order valence-electron chi connectivity index (χ1n) is 14.5. The van der Waals surface area contributed by atoms with E-state index in [0.29, 0.717) is 6.17 Å². The molecule has 0 saturated carbocycles. The Bertz CT molecular complexity index is 372. The Hall–Kier alpha value is -0.660. The summed E-state index contributed by atoms with van der Waals surface area (Å²) in [6.45, 7) is 9.42. The smallest absolute Gasteiger partial charge is 0.101 e. The molecule has 31 heavy (non-hydrogen) atoms. The molecule has 1 rings (SSSR count). The van der Waals surface area contributed by atoms with Crippen LogP contribution in [0.1, 0.15) is 156 Å². The first-order valence-corrected chi connectivity index (χ1v) is 14.5. The molecule has 0 atom stereocenters. The van der Waals surface area contributed by atoms with E-state index in [0.717, 1.165) is 0 Å². The zero-order chi connectivity index (χ0) is 22.4. The summed E-state index contributed by atoms with van der Waals surface area (Å²) < 4.78 is 0. The Morgan fingerprint density at radius 1 is 0.419 bits per heavy atom. The van der Waals surface area contributed by atoms with E-state index in [1.54, 1.807) is 0 Å². The van der Waals surface area contributed by atoms with E-state index in [-0.39, 0.29) is 0 Å². The van der Waals surface area contributed by atoms with Gasteiger partial charge in [-0.1, -0.05) is 130 Å². The van der Waals surface area contributed by atoms with Crippen LogP contribution in [0.15, 0.2) is 12.4 Å². The molecule has 0 unspecified atom stereocenters. The molecule has 2 heteroatoms. The third-order valence-electron chi connectivity index (χ3n) is 7.07. The molecule has 0 aromatic rings. The second-order valence-corrected chi connectivity index (χ2v) is 10.1. The number of hydrogen-bond acceptors (Lipinski definition) is 2. The lowest BCUT2D eigenvalue weighted by atomic mass is 10.0. The van der Waals surface area contributed by atoms with Crippen molar-refractivity contribution in [1.29, 1.82) is 0 Å². The summed E-state index contributed by atoms with van der Waals surface area (Å²) in [5.74, 6) is 0. The number of hydrogen-bond donors (Lipinski definition) is 0. The summed E-state index contributed by atoms with van der Waals surface area (Å²) in [6, 6.07) is 0. The number of rotatable bonds is 23. The predicted molar refractivity (Wildman–Crippen MR) is 140 cm³/mol. The topological polar surface area (TPSA) is 6.48 Å². The Morgan fingerprint density at radius 2 is 0.742 bits per heavy atom. The molecule has 0 saturated heterocycles. The molecule has 0 aliphatic carbocycles. The van der Waals surface area contributed by atoms with E-state index in [1.165, 1.54) is 148 Å². The number of nitrogens with zero attached hydrogens (tertiary/aromatic N) is 2. The first kappa shape index (κ1) is 28.4.